The largest absolute Gasteiger partial charge is 0.497 e. The van der Waals surface area contributed by atoms with Gasteiger partial charge in [-0.1, -0.05) is 12.1 Å². The van der Waals surface area contributed by atoms with Crippen LogP contribution in [0.25, 0.3) is 10.9 Å². The molecule has 0 radical (unpaired) electrons. The summed E-state index contributed by atoms with van der Waals surface area (Å²) in [5.74, 6) is 0.645. The zero-order chi connectivity index (χ0) is 24.9. The minimum atomic E-state index is -1.04. The lowest BCUT2D eigenvalue weighted by molar-refractivity contribution is 0.0684. The molecule has 0 atom stereocenters. The van der Waals surface area contributed by atoms with E-state index < -0.39 is 5.97 Å². The van der Waals surface area contributed by atoms with Crippen molar-refractivity contribution in [2.75, 3.05) is 21.3 Å². The minimum absolute atomic E-state index is 0.169. The summed E-state index contributed by atoms with van der Waals surface area (Å²) >= 11 is 0. The lowest BCUT2D eigenvalue weighted by atomic mass is 10.1. The van der Waals surface area contributed by atoms with Gasteiger partial charge in [-0.15, -0.1) is 0 Å². The van der Waals surface area contributed by atoms with Crippen molar-refractivity contribution in [3.8, 4) is 17.2 Å². The van der Waals surface area contributed by atoms with Crippen LogP contribution < -0.4 is 19.5 Å². The highest BCUT2D eigenvalue weighted by atomic mass is 19.1. The van der Waals surface area contributed by atoms with Gasteiger partial charge in [0.1, 0.15) is 28.8 Å². The topological polar surface area (TPSA) is 82.0 Å². The third-order valence-corrected chi connectivity index (χ3v) is 5.94. The fourth-order valence-electron chi connectivity index (χ4n) is 4.23. The van der Waals surface area contributed by atoms with Crippen LogP contribution in [0.5, 0.6) is 17.2 Å². The Morgan fingerprint density at radius 2 is 1.60 bits per heavy atom. The maximum Gasteiger partial charge on any atom is 0.352 e. The van der Waals surface area contributed by atoms with E-state index in [9.17, 15) is 14.3 Å². The number of carbonyl (C=O) groups is 1. The summed E-state index contributed by atoms with van der Waals surface area (Å²) in [5.41, 5.74) is 3.22. The summed E-state index contributed by atoms with van der Waals surface area (Å²) in [6, 6.07) is 17.1. The standard InChI is InChI=1S/C27H27FN2O5/c1-33-20-9-11-25(35-3)18(12-20)14-29-15-23-22-10-8-21(34-2)13-24(22)30(26(23)27(31)32)16-17-4-6-19(28)7-5-17/h4-13,29H,14-16H2,1-3H3,(H,31,32). The van der Waals surface area contributed by atoms with Crippen molar-refractivity contribution >= 4 is 16.9 Å². The van der Waals surface area contributed by atoms with Crippen LogP contribution in [0.3, 0.4) is 0 Å². The van der Waals surface area contributed by atoms with Crippen LogP contribution in [0.2, 0.25) is 0 Å². The number of carboxylic acid groups (broad SMARTS) is 1. The van der Waals surface area contributed by atoms with E-state index in [1.807, 2.05) is 36.4 Å². The second-order valence-corrected chi connectivity index (χ2v) is 8.01. The highest BCUT2D eigenvalue weighted by molar-refractivity contribution is 5.98. The summed E-state index contributed by atoms with van der Waals surface area (Å²) in [6.45, 7) is 1.02. The molecule has 7 nitrogen and oxygen atoms in total. The Morgan fingerprint density at radius 3 is 2.26 bits per heavy atom. The van der Waals surface area contributed by atoms with Crippen LogP contribution in [-0.2, 0) is 19.6 Å². The third kappa shape index (κ3) is 5.07. The van der Waals surface area contributed by atoms with E-state index in [2.05, 4.69) is 5.32 Å². The number of rotatable bonds is 10. The van der Waals surface area contributed by atoms with Gasteiger partial charge in [0.15, 0.2) is 0 Å². The molecule has 0 fully saturated rings. The molecule has 0 aliphatic carbocycles. The number of halogens is 1. The van der Waals surface area contributed by atoms with Crippen molar-refractivity contribution in [3.05, 3.63) is 88.9 Å². The molecular weight excluding hydrogens is 451 g/mol. The first-order valence-corrected chi connectivity index (χ1v) is 11.0. The number of methoxy groups -OCH3 is 3. The Balaban J connectivity index is 1.72. The molecule has 182 valence electrons. The van der Waals surface area contributed by atoms with Gasteiger partial charge in [-0.3, -0.25) is 0 Å². The third-order valence-electron chi connectivity index (χ3n) is 5.94. The van der Waals surface area contributed by atoms with Crippen LogP contribution in [0.1, 0.15) is 27.2 Å². The van der Waals surface area contributed by atoms with Crippen molar-refractivity contribution in [1.29, 1.82) is 0 Å². The minimum Gasteiger partial charge on any atom is -0.497 e. The molecule has 35 heavy (non-hydrogen) atoms. The first kappa shape index (κ1) is 24.1. The molecule has 0 saturated carbocycles. The van der Waals surface area contributed by atoms with E-state index in [1.54, 1.807) is 38.0 Å². The van der Waals surface area contributed by atoms with Gasteiger partial charge in [-0.25, -0.2) is 9.18 Å². The molecule has 1 aromatic heterocycles. The normalized spacial score (nSPS) is 11.0. The van der Waals surface area contributed by atoms with E-state index in [0.29, 0.717) is 35.9 Å². The number of aromatic carboxylic acids is 1. The van der Waals surface area contributed by atoms with E-state index >= 15 is 0 Å². The number of fused-ring (bicyclic) bond motifs is 1. The number of nitrogens with one attached hydrogen (secondary N) is 1. The number of nitrogens with zero attached hydrogens (tertiary/aromatic N) is 1. The molecule has 1 heterocycles. The summed E-state index contributed by atoms with van der Waals surface area (Å²) in [4.78, 5) is 12.5. The monoisotopic (exact) mass is 478 g/mol. The first-order chi connectivity index (χ1) is 16.9. The second-order valence-electron chi connectivity index (χ2n) is 8.01. The highest BCUT2D eigenvalue weighted by Crippen LogP contribution is 2.31. The molecule has 8 heteroatoms. The summed E-state index contributed by atoms with van der Waals surface area (Å²) in [6.07, 6.45) is 0. The van der Waals surface area contributed by atoms with Crippen LogP contribution in [-0.4, -0.2) is 37.0 Å². The molecule has 0 unspecified atom stereocenters. The zero-order valence-corrected chi connectivity index (χ0v) is 19.8. The smallest absolute Gasteiger partial charge is 0.352 e. The van der Waals surface area contributed by atoms with Gasteiger partial charge in [-0.2, -0.15) is 0 Å². The van der Waals surface area contributed by atoms with Crippen LogP contribution in [0.15, 0.2) is 60.7 Å². The molecule has 0 spiro atoms. The predicted molar refractivity (Wildman–Crippen MR) is 131 cm³/mol. The number of carboxylic acids is 1. The number of hydrogen-bond donors (Lipinski definition) is 2. The van der Waals surface area contributed by atoms with Crippen LogP contribution in [0.4, 0.5) is 4.39 Å². The zero-order valence-electron chi connectivity index (χ0n) is 19.8. The van der Waals surface area contributed by atoms with E-state index in [1.165, 1.54) is 12.1 Å². The lowest BCUT2D eigenvalue weighted by Gasteiger charge is -2.12. The van der Waals surface area contributed by atoms with Crippen LogP contribution >= 0.6 is 0 Å². The Morgan fingerprint density at radius 1 is 0.914 bits per heavy atom. The van der Waals surface area contributed by atoms with Gasteiger partial charge in [0.05, 0.1) is 26.8 Å². The summed E-state index contributed by atoms with van der Waals surface area (Å²) in [7, 11) is 4.77. The molecule has 0 bridgehead atoms. The van der Waals surface area contributed by atoms with Gasteiger partial charge < -0.3 is 29.2 Å². The van der Waals surface area contributed by atoms with Crippen molar-refractivity contribution in [1.82, 2.24) is 9.88 Å². The molecule has 0 saturated heterocycles. The molecule has 0 aliphatic heterocycles. The predicted octanol–water partition coefficient (Wildman–Crippen LogP) is 4.84. The second kappa shape index (κ2) is 10.5. The van der Waals surface area contributed by atoms with Crippen molar-refractivity contribution in [2.24, 2.45) is 0 Å². The highest BCUT2D eigenvalue weighted by Gasteiger charge is 2.23. The lowest BCUT2D eigenvalue weighted by Crippen LogP contribution is -2.17. The molecule has 0 amide bonds. The summed E-state index contributed by atoms with van der Waals surface area (Å²) in [5, 5.41) is 14.3. The fraction of sp³-hybridized carbons (Fsp3) is 0.222. The van der Waals surface area contributed by atoms with Gasteiger partial charge in [0, 0.05) is 42.2 Å². The van der Waals surface area contributed by atoms with Gasteiger partial charge in [0.2, 0.25) is 0 Å². The maximum absolute atomic E-state index is 13.4. The van der Waals surface area contributed by atoms with E-state index in [-0.39, 0.29) is 18.1 Å². The molecule has 2 N–H and O–H groups in total. The number of aromatic nitrogens is 1. The maximum atomic E-state index is 13.4. The van der Waals surface area contributed by atoms with Gasteiger partial charge in [0.25, 0.3) is 0 Å². The number of hydrogen-bond acceptors (Lipinski definition) is 5. The molecule has 4 aromatic rings. The summed E-state index contributed by atoms with van der Waals surface area (Å²) < 4.78 is 31.3. The Kier molecular flexibility index (Phi) is 7.22. The Labute approximate surface area is 202 Å². The Hall–Kier alpha value is -4.04. The van der Waals surface area contributed by atoms with Crippen molar-refractivity contribution in [2.45, 2.75) is 19.6 Å². The number of benzene rings is 3. The van der Waals surface area contributed by atoms with Crippen LogP contribution in [0, 0.1) is 5.82 Å². The molecule has 3 aromatic carbocycles. The SMILES string of the molecule is COc1ccc(OC)c(CNCc2c(C(=O)O)n(Cc3ccc(F)cc3)c3cc(OC)ccc23)c1. The fourth-order valence-corrected chi connectivity index (χ4v) is 4.23. The average Bonchev–Trinajstić information content (AvgIpc) is 3.17. The van der Waals surface area contributed by atoms with E-state index in [4.69, 9.17) is 14.2 Å². The average molecular weight is 479 g/mol. The molecule has 0 aliphatic rings. The van der Waals surface area contributed by atoms with E-state index in [0.717, 1.165) is 22.0 Å². The quantitative estimate of drug-likeness (QED) is 0.339. The Bertz CT molecular complexity index is 1350. The van der Waals surface area contributed by atoms with Gasteiger partial charge in [-0.05, 0) is 48.0 Å². The molecule has 4 rings (SSSR count). The van der Waals surface area contributed by atoms with Crippen molar-refractivity contribution in [3.63, 3.8) is 0 Å². The van der Waals surface area contributed by atoms with Gasteiger partial charge >= 0.3 is 5.97 Å². The first-order valence-electron chi connectivity index (χ1n) is 11.0. The van der Waals surface area contributed by atoms with Crippen molar-refractivity contribution < 1.29 is 28.5 Å². The number of ether oxygens (including phenoxy) is 3. The molecular formula is C27H27FN2O5.